The van der Waals surface area contributed by atoms with E-state index in [9.17, 15) is 9.59 Å². The van der Waals surface area contributed by atoms with Gasteiger partial charge in [0.05, 0.1) is 23.3 Å². The summed E-state index contributed by atoms with van der Waals surface area (Å²) in [5.41, 5.74) is 4.19. The van der Waals surface area contributed by atoms with E-state index in [1.165, 1.54) is 16.7 Å². The summed E-state index contributed by atoms with van der Waals surface area (Å²) < 4.78 is 24.2. The first kappa shape index (κ1) is 34.3. The minimum atomic E-state index is -0.504. The molecule has 1 saturated heterocycles. The molecule has 0 radical (unpaired) electrons. The summed E-state index contributed by atoms with van der Waals surface area (Å²) in [6.07, 6.45) is 2.92. The van der Waals surface area contributed by atoms with Crippen LogP contribution in [0.2, 0.25) is 0 Å². The summed E-state index contributed by atoms with van der Waals surface area (Å²) in [6.45, 7) is 19.4. The van der Waals surface area contributed by atoms with Crippen LogP contribution in [0.1, 0.15) is 116 Å². The Morgan fingerprint density at radius 2 is 1.20 bits per heavy atom. The van der Waals surface area contributed by atoms with Crippen LogP contribution >= 0.6 is 15.9 Å². The van der Waals surface area contributed by atoms with Crippen LogP contribution in [-0.2, 0) is 31.6 Å². The van der Waals surface area contributed by atoms with Crippen molar-refractivity contribution in [3.8, 4) is 0 Å². The second-order valence-electron chi connectivity index (χ2n) is 14.8. The summed E-state index contributed by atoms with van der Waals surface area (Å²) in [4.78, 5) is 23.9. The van der Waals surface area contributed by atoms with Gasteiger partial charge in [0, 0.05) is 4.47 Å². The number of hydrogen-bond donors (Lipinski definition) is 2. The van der Waals surface area contributed by atoms with Crippen molar-refractivity contribution in [1.29, 1.82) is 0 Å². The molecule has 2 aromatic carbocycles. The fourth-order valence-electron chi connectivity index (χ4n) is 5.68. The Kier molecular flexibility index (Phi) is 9.89. The van der Waals surface area contributed by atoms with Crippen molar-refractivity contribution in [2.75, 3.05) is 0 Å². The molecular weight excluding hydrogens is 623 g/mol. The third-order valence-electron chi connectivity index (χ3n) is 8.41. The maximum absolute atomic E-state index is 12.2. The van der Waals surface area contributed by atoms with Crippen molar-refractivity contribution in [2.45, 2.75) is 129 Å². The van der Waals surface area contributed by atoms with E-state index in [0.29, 0.717) is 0 Å². The molecule has 240 valence electrons. The molecule has 2 aliphatic carbocycles. The molecule has 1 aliphatic heterocycles. The molecule has 0 bridgehead atoms. The number of fused-ring (bicyclic) bond motifs is 2. The Labute approximate surface area is 271 Å². The molecular formula is C34H48BBrN2O6. The molecule has 5 rings (SSSR count). The summed E-state index contributed by atoms with van der Waals surface area (Å²) in [5, 5.41) is 5.94. The molecule has 2 N–H and O–H groups in total. The van der Waals surface area contributed by atoms with E-state index in [4.69, 9.17) is 18.8 Å². The van der Waals surface area contributed by atoms with Crippen LogP contribution in [0.15, 0.2) is 40.9 Å². The van der Waals surface area contributed by atoms with Crippen LogP contribution in [0.25, 0.3) is 0 Å². The van der Waals surface area contributed by atoms with Gasteiger partial charge in [-0.15, -0.1) is 0 Å². The number of carbonyl (C=O) groups excluding carboxylic acids is 2. The molecule has 0 unspecified atom stereocenters. The van der Waals surface area contributed by atoms with E-state index >= 15 is 0 Å². The van der Waals surface area contributed by atoms with Gasteiger partial charge in [-0.3, -0.25) is 0 Å². The van der Waals surface area contributed by atoms with E-state index in [1.807, 2.05) is 59.7 Å². The number of amides is 2. The van der Waals surface area contributed by atoms with Gasteiger partial charge < -0.3 is 29.4 Å². The molecule has 0 spiro atoms. The van der Waals surface area contributed by atoms with E-state index in [-0.39, 0.29) is 42.6 Å². The van der Waals surface area contributed by atoms with Crippen molar-refractivity contribution >= 4 is 40.7 Å². The smallest absolute Gasteiger partial charge is 0.444 e. The fourth-order valence-corrected chi connectivity index (χ4v) is 6.26. The number of benzene rings is 2. The van der Waals surface area contributed by atoms with Crippen LogP contribution in [0.4, 0.5) is 9.59 Å². The van der Waals surface area contributed by atoms with Crippen molar-refractivity contribution in [3.05, 3.63) is 63.1 Å². The average Bonchev–Trinajstić information content (AvgIpc) is 3.52. The summed E-state index contributed by atoms with van der Waals surface area (Å²) in [7, 11) is -0.379. The lowest BCUT2D eigenvalue weighted by molar-refractivity contribution is 0.00578. The Hall–Kier alpha value is -2.56. The third kappa shape index (κ3) is 8.18. The first-order chi connectivity index (χ1) is 20.3. The second kappa shape index (κ2) is 12.7. The number of halogens is 1. The first-order valence-corrected chi connectivity index (χ1v) is 16.3. The lowest BCUT2D eigenvalue weighted by Crippen LogP contribution is -2.41. The monoisotopic (exact) mass is 670 g/mol. The molecule has 1 fully saturated rings. The van der Waals surface area contributed by atoms with E-state index in [0.717, 1.165) is 41.2 Å². The molecule has 2 amide bonds. The van der Waals surface area contributed by atoms with Crippen molar-refractivity contribution in [2.24, 2.45) is 0 Å². The maximum Gasteiger partial charge on any atom is 0.495 e. The number of alkyl carbamates (subject to hydrolysis) is 2. The van der Waals surface area contributed by atoms with Gasteiger partial charge in [-0.2, -0.15) is 0 Å². The second-order valence-corrected chi connectivity index (χ2v) is 15.6. The van der Waals surface area contributed by atoms with Gasteiger partial charge in [0.25, 0.3) is 0 Å². The SMILES string of the molecule is CC(C)(C)OC(=O)N[C@@H]1CCc2c(B3OC(C)(C)C(C)(C)O3)cccc21.CC(C)(C)OC(=O)N[C@@H]1CCc2c(Br)cccc21. The fraction of sp³-hybridized carbons (Fsp3) is 0.588. The molecule has 2 atom stereocenters. The van der Waals surface area contributed by atoms with Crippen molar-refractivity contribution in [1.82, 2.24) is 10.6 Å². The summed E-state index contributed by atoms with van der Waals surface area (Å²) >= 11 is 3.55. The van der Waals surface area contributed by atoms with Gasteiger partial charge in [-0.1, -0.05) is 46.3 Å². The van der Waals surface area contributed by atoms with Crippen molar-refractivity contribution < 1.29 is 28.4 Å². The lowest BCUT2D eigenvalue weighted by atomic mass is 9.75. The number of ether oxygens (including phenoxy) is 2. The molecule has 2 aromatic rings. The van der Waals surface area contributed by atoms with Crippen LogP contribution in [-0.4, -0.2) is 41.7 Å². The molecule has 0 saturated carbocycles. The van der Waals surface area contributed by atoms with Gasteiger partial charge in [-0.25, -0.2) is 9.59 Å². The highest BCUT2D eigenvalue weighted by molar-refractivity contribution is 9.10. The van der Waals surface area contributed by atoms with E-state index in [2.05, 4.69) is 72.5 Å². The largest absolute Gasteiger partial charge is 0.495 e. The topological polar surface area (TPSA) is 95.1 Å². The highest BCUT2D eigenvalue weighted by Gasteiger charge is 2.52. The van der Waals surface area contributed by atoms with E-state index in [1.54, 1.807) is 0 Å². The van der Waals surface area contributed by atoms with Gasteiger partial charge in [0.2, 0.25) is 0 Å². The number of hydrogen-bond acceptors (Lipinski definition) is 6. The van der Waals surface area contributed by atoms with Crippen molar-refractivity contribution in [3.63, 3.8) is 0 Å². The molecule has 8 nitrogen and oxygen atoms in total. The maximum atomic E-state index is 12.2. The van der Waals surface area contributed by atoms with E-state index < -0.39 is 11.2 Å². The predicted molar refractivity (Wildman–Crippen MR) is 177 cm³/mol. The van der Waals surface area contributed by atoms with Gasteiger partial charge in [-0.05, 0) is 129 Å². The Morgan fingerprint density at radius 1 is 0.773 bits per heavy atom. The quantitative estimate of drug-likeness (QED) is 0.329. The zero-order valence-electron chi connectivity index (χ0n) is 27.9. The highest BCUT2D eigenvalue weighted by atomic mass is 79.9. The summed E-state index contributed by atoms with van der Waals surface area (Å²) in [6, 6.07) is 12.3. The highest BCUT2D eigenvalue weighted by Crippen LogP contribution is 2.39. The first-order valence-electron chi connectivity index (χ1n) is 15.5. The van der Waals surface area contributed by atoms with Crippen LogP contribution in [0, 0.1) is 0 Å². The minimum absolute atomic E-state index is 0.0396. The Balaban J connectivity index is 0.000000215. The Morgan fingerprint density at radius 3 is 1.68 bits per heavy atom. The summed E-state index contributed by atoms with van der Waals surface area (Å²) in [5.74, 6) is 0. The third-order valence-corrected chi connectivity index (χ3v) is 9.15. The number of rotatable bonds is 3. The molecule has 0 aromatic heterocycles. The zero-order valence-corrected chi connectivity index (χ0v) is 29.4. The number of carbonyl (C=O) groups is 2. The zero-order chi connectivity index (χ0) is 32.7. The van der Waals surface area contributed by atoms with Gasteiger partial charge in [0.15, 0.2) is 0 Å². The molecule has 10 heteroatoms. The van der Waals surface area contributed by atoms with Crippen LogP contribution in [0.3, 0.4) is 0 Å². The number of nitrogens with one attached hydrogen (secondary N) is 2. The minimum Gasteiger partial charge on any atom is -0.444 e. The molecule has 3 aliphatic rings. The Bertz CT molecular complexity index is 1360. The molecule has 1 heterocycles. The van der Waals surface area contributed by atoms with Crippen LogP contribution in [0.5, 0.6) is 0 Å². The lowest BCUT2D eigenvalue weighted by Gasteiger charge is -2.32. The van der Waals surface area contributed by atoms with Gasteiger partial charge in [0.1, 0.15) is 11.2 Å². The predicted octanol–water partition coefficient (Wildman–Crippen LogP) is 7.46. The average molecular weight is 671 g/mol. The molecule has 44 heavy (non-hydrogen) atoms. The van der Waals surface area contributed by atoms with Crippen LogP contribution < -0.4 is 16.1 Å². The van der Waals surface area contributed by atoms with Gasteiger partial charge >= 0.3 is 19.3 Å². The normalized spacial score (nSPS) is 21.5. The standard InChI is InChI=1S/C20H30BNO4.C14H18BrNO2/c1-18(2,3)24-17(23)22-16-12-11-13-14(16)9-8-10-15(13)21-25-19(4,5)20(6,7)26-21;1-14(2,3)18-13(17)16-12-8-7-9-10(12)5-4-6-11(9)15/h8-10,16H,11-12H2,1-7H3,(H,22,23);4-6,12H,7-8H2,1-3H3,(H,16,17)/t16-;12-/m11/s1.